The Bertz CT molecular complexity index is 74.9. The van der Waals surface area contributed by atoms with E-state index in [0.717, 1.165) is 4.75 Å². The van der Waals surface area contributed by atoms with Gasteiger partial charge in [0.25, 0.3) is 0 Å². The molecule has 0 N–H and O–H groups in total. The molecule has 0 spiro atoms. The molecule has 0 heterocycles. The van der Waals surface area contributed by atoms with Gasteiger partial charge in [0, 0.05) is 0 Å². The third-order valence-corrected chi connectivity index (χ3v) is 11.0. The number of hydrogen-bond donors (Lipinski definition) is 0. The van der Waals surface area contributed by atoms with Gasteiger partial charge in [0.1, 0.15) is 0 Å². The van der Waals surface area contributed by atoms with Crippen molar-refractivity contribution in [2.75, 3.05) is 0 Å². The van der Waals surface area contributed by atoms with Gasteiger partial charge in [-0.3, -0.25) is 0 Å². The van der Waals surface area contributed by atoms with Crippen LogP contribution in [0.4, 0.5) is 0 Å². The minimum atomic E-state index is -0.593. The molecule has 11 heavy (non-hydrogen) atoms. The van der Waals surface area contributed by atoms with Gasteiger partial charge in [-0.15, -0.1) is 0 Å². The van der Waals surface area contributed by atoms with Crippen LogP contribution in [0.1, 0.15) is 47.0 Å². The van der Waals surface area contributed by atoms with Gasteiger partial charge < -0.3 is 0 Å². The molecule has 0 nitrogen and oxygen atoms in total. The first-order valence-electron chi connectivity index (χ1n) is 5.10. The van der Waals surface area contributed by atoms with Gasteiger partial charge in [-0.1, -0.05) is 0 Å². The summed E-state index contributed by atoms with van der Waals surface area (Å²) in [6.07, 6.45) is 4.29. The molecule has 0 aromatic rings. The van der Waals surface area contributed by atoms with E-state index in [1.807, 2.05) is 0 Å². The van der Waals surface area contributed by atoms with Gasteiger partial charge in [0.15, 0.2) is 0 Å². The molecule has 1 radical (unpaired) electrons. The molecule has 1 unspecified atom stereocenters. The van der Waals surface area contributed by atoms with E-state index in [1.165, 1.54) is 19.3 Å². The monoisotopic (exact) mass is 217 g/mol. The van der Waals surface area contributed by atoms with Crippen molar-refractivity contribution in [2.45, 2.75) is 62.2 Å². The van der Waals surface area contributed by atoms with E-state index in [2.05, 4.69) is 27.7 Å². The predicted octanol–water partition coefficient (Wildman–Crippen LogP) is 4.10. The molecule has 0 fully saturated rings. The molecule has 67 valence electrons. The minimum absolute atomic E-state index is 0.593. The number of hydrogen-bond acceptors (Lipinski definition) is 0. The third kappa shape index (κ3) is 4.89. The first-order chi connectivity index (χ1) is 5.26. The SMILES string of the molecule is CC[CH2][Ge]([CH2]CC)[CH](C)CC. The van der Waals surface area contributed by atoms with Crippen molar-refractivity contribution >= 4 is 14.3 Å². The van der Waals surface area contributed by atoms with Gasteiger partial charge in [0.2, 0.25) is 0 Å². The summed E-state index contributed by atoms with van der Waals surface area (Å²) in [6.45, 7) is 9.50. The van der Waals surface area contributed by atoms with Crippen LogP contribution in [0.2, 0.25) is 15.3 Å². The number of rotatable bonds is 6. The van der Waals surface area contributed by atoms with Crippen molar-refractivity contribution in [3.63, 3.8) is 0 Å². The summed E-state index contributed by atoms with van der Waals surface area (Å²) in [5, 5.41) is 3.20. The Kier molecular flexibility index (Phi) is 7.56. The summed E-state index contributed by atoms with van der Waals surface area (Å²) in [4.78, 5) is 0. The molecule has 0 saturated heterocycles. The van der Waals surface area contributed by atoms with Crippen LogP contribution < -0.4 is 0 Å². The van der Waals surface area contributed by atoms with Gasteiger partial charge in [-0.2, -0.15) is 0 Å². The van der Waals surface area contributed by atoms with Crippen LogP contribution in [0.5, 0.6) is 0 Å². The standard InChI is InChI=1S/C10H23Ge/c1-5-8-11(9-6-2)10(4)7-3/h10H,5-9H2,1-4H3. The Labute approximate surface area is 76.9 Å². The Morgan fingerprint density at radius 3 is 1.73 bits per heavy atom. The third-order valence-electron chi connectivity index (χ3n) is 2.45. The fourth-order valence-corrected chi connectivity index (χ4v) is 8.05. The van der Waals surface area contributed by atoms with Crippen LogP contribution in [0.25, 0.3) is 0 Å². The molecule has 0 saturated carbocycles. The van der Waals surface area contributed by atoms with Crippen molar-refractivity contribution in [1.82, 2.24) is 0 Å². The van der Waals surface area contributed by atoms with E-state index in [9.17, 15) is 0 Å². The quantitative estimate of drug-likeness (QED) is 0.586. The molecule has 0 rings (SSSR count). The van der Waals surface area contributed by atoms with Gasteiger partial charge in [-0.25, -0.2) is 0 Å². The Morgan fingerprint density at radius 2 is 1.45 bits per heavy atom. The second-order valence-corrected chi connectivity index (χ2v) is 10.4. The second kappa shape index (κ2) is 7.21. The molecule has 0 aliphatic rings. The van der Waals surface area contributed by atoms with Crippen molar-refractivity contribution in [3.05, 3.63) is 0 Å². The molecule has 0 aromatic carbocycles. The zero-order valence-corrected chi connectivity index (χ0v) is 10.7. The molecular formula is C10H23Ge. The van der Waals surface area contributed by atoms with Crippen molar-refractivity contribution < 1.29 is 0 Å². The predicted molar refractivity (Wildman–Crippen MR) is 55.7 cm³/mol. The molecule has 1 heteroatoms. The topological polar surface area (TPSA) is 0 Å². The Balaban J connectivity index is 3.66. The van der Waals surface area contributed by atoms with Crippen LogP contribution >= 0.6 is 0 Å². The molecule has 0 bridgehead atoms. The van der Waals surface area contributed by atoms with E-state index in [0.29, 0.717) is 0 Å². The van der Waals surface area contributed by atoms with Crippen molar-refractivity contribution in [1.29, 1.82) is 0 Å². The van der Waals surface area contributed by atoms with E-state index < -0.39 is 14.3 Å². The average Bonchev–Trinajstić information content (AvgIpc) is 2.03. The van der Waals surface area contributed by atoms with Crippen LogP contribution in [0.15, 0.2) is 0 Å². The fraction of sp³-hybridized carbons (Fsp3) is 1.00. The zero-order valence-electron chi connectivity index (χ0n) is 8.61. The van der Waals surface area contributed by atoms with E-state index in [1.54, 1.807) is 10.5 Å². The maximum absolute atomic E-state index is 2.47. The maximum atomic E-state index is 2.47. The van der Waals surface area contributed by atoms with E-state index in [-0.39, 0.29) is 0 Å². The van der Waals surface area contributed by atoms with E-state index >= 15 is 0 Å². The first-order valence-corrected chi connectivity index (χ1v) is 9.28. The molecular weight excluding hydrogens is 193 g/mol. The molecule has 0 aromatic heterocycles. The fourth-order valence-electron chi connectivity index (χ4n) is 1.55. The van der Waals surface area contributed by atoms with Gasteiger partial charge >= 0.3 is 76.6 Å². The zero-order chi connectivity index (χ0) is 8.69. The second-order valence-electron chi connectivity index (χ2n) is 3.47. The van der Waals surface area contributed by atoms with Crippen molar-refractivity contribution in [2.24, 2.45) is 0 Å². The summed E-state index contributed by atoms with van der Waals surface area (Å²) in [5.41, 5.74) is 0. The van der Waals surface area contributed by atoms with Crippen LogP contribution in [0, 0.1) is 0 Å². The summed E-state index contributed by atoms with van der Waals surface area (Å²) in [7, 11) is 0. The Hall–Kier alpha value is 0.543. The summed E-state index contributed by atoms with van der Waals surface area (Å²) in [6, 6.07) is 0. The molecule has 0 aliphatic carbocycles. The Morgan fingerprint density at radius 1 is 1.00 bits per heavy atom. The van der Waals surface area contributed by atoms with Gasteiger partial charge in [0.05, 0.1) is 0 Å². The summed E-state index contributed by atoms with van der Waals surface area (Å²) in [5.74, 6) is 0. The summed E-state index contributed by atoms with van der Waals surface area (Å²) < 4.78 is 1.11. The van der Waals surface area contributed by atoms with Crippen molar-refractivity contribution in [3.8, 4) is 0 Å². The van der Waals surface area contributed by atoms with E-state index in [4.69, 9.17) is 0 Å². The normalized spacial score (nSPS) is 13.9. The van der Waals surface area contributed by atoms with Gasteiger partial charge in [-0.05, 0) is 0 Å². The average molecular weight is 216 g/mol. The molecule has 0 aliphatic heterocycles. The summed E-state index contributed by atoms with van der Waals surface area (Å²) >= 11 is -0.593. The molecule has 1 atom stereocenters. The first kappa shape index (κ1) is 11.5. The molecule has 0 amide bonds. The van der Waals surface area contributed by atoms with Crippen LogP contribution in [-0.2, 0) is 0 Å². The van der Waals surface area contributed by atoms with Crippen LogP contribution in [0.3, 0.4) is 0 Å². The van der Waals surface area contributed by atoms with Crippen LogP contribution in [-0.4, -0.2) is 14.3 Å².